The summed E-state index contributed by atoms with van der Waals surface area (Å²) in [5.74, 6) is -0.466. The van der Waals surface area contributed by atoms with Crippen molar-refractivity contribution in [1.29, 1.82) is 0 Å². The summed E-state index contributed by atoms with van der Waals surface area (Å²) in [4.78, 5) is 2.32. The number of sulfonamides is 2. The fourth-order valence-corrected chi connectivity index (χ4v) is 12.7. The van der Waals surface area contributed by atoms with Crippen molar-refractivity contribution in [2.24, 2.45) is 0 Å². The minimum atomic E-state index is -3.87. The van der Waals surface area contributed by atoms with Crippen LogP contribution in [0.1, 0.15) is 33.4 Å². The van der Waals surface area contributed by atoms with Gasteiger partial charge in [0.25, 0.3) is 20.0 Å². The van der Waals surface area contributed by atoms with Gasteiger partial charge < -0.3 is 4.90 Å². The van der Waals surface area contributed by atoms with E-state index in [-0.39, 0.29) is 18.0 Å². The van der Waals surface area contributed by atoms with Gasteiger partial charge in [-0.25, -0.2) is 21.2 Å². The number of aryl methyl sites for hydroxylation is 4. The molecule has 12 heteroatoms. The normalized spacial score (nSPS) is 11.7. The summed E-state index contributed by atoms with van der Waals surface area (Å²) in [5.41, 5.74) is 6.97. The van der Waals surface area contributed by atoms with E-state index in [4.69, 9.17) is 0 Å². The van der Waals surface area contributed by atoms with E-state index in [0.717, 1.165) is 64.2 Å². The molecule has 0 fully saturated rings. The Kier molecular flexibility index (Phi) is 12.5. The topological polar surface area (TPSA) is 78.0 Å². The lowest BCUT2D eigenvalue weighted by Gasteiger charge is -2.24. The Labute approximate surface area is 360 Å². The van der Waals surface area contributed by atoms with E-state index in [1.165, 1.54) is 51.2 Å². The van der Waals surface area contributed by atoms with Gasteiger partial charge in [0.05, 0.1) is 22.9 Å². The zero-order valence-corrected chi connectivity index (χ0v) is 37.5. The van der Waals surface area contributed by atoms with Crippen molar-refractivity contribution in [3.63, 3.8) is 0 Å². The Balaban J connectivity index is 0.000000182. The summed E-state index contributed by atoms with van der Waals surface area (Å²) in [6.45, 7) is 8.45. The molecule has 0 saturated heterocycles. The van der Waals surface area contributed by atoms with Gasteiger partial charge in [-0.2, -0.15) is 0 Å². The second kappa shape index (κ2) is 17.6. The van der Waals surface area contributed by atoms with Gasteiger partial charge in [-0.3, -0.25) is 8.61 Å². The Bertz CT molecular complexity index is 2980. The number of halogens is 1. The standard InChI is InChI=1S/C25H26N2O2S2.C23H20FNO2S2/c1-18-9-11-20(12-10-18)17-27(25-19(2)23-7-5-6-8-24(23)30-25)31(28,29)22-15-13-21(14-16-22)26(3)4;1-16-7-9-18(10-8-16)15-25(29(26,27)20-13-11-19(24)12-14-20)23-17(2)21-5-3-4-6-22(21)28-23/h5-16H,17H2,1-4H3;3-14H,15H2,1-2H3. The summed E-state index contributed by atoms with van der Waals surface area (Å²) >= 11 is 2.97. The number of nitrogens with zero attached hydrogens (tertiary/aromatic N) is 3. The van der Waals surface area contributed by atoms with Crippen LogP contribution in [0.5, 0.6) is 0 Å². The van der Waals surface area contributed by atoms with Crippen molar-refractivity contribution >= 4 is 78.6 Å². The molecule has 0 radical (unpaired) electrons. The number of rotatable bonds is 11. The molecular weight excluding hydrogens is 830 g/mol. The summed E-state index contributed by atoms with van der Waals surface area (Å²) < 4.78 is 73.3. The van der Waals surface area contributed by atoms with Crippen molar-refractivity contribution < 1.29 is 21.2 Å². The zero-order valence-electron chi connectivity index (χ0n) is 34.3. The lowest BCUT2D eigenvalue weighted by atomic mass is 10.1. The van der Waals surface area contributed by atoms with Crippen LogP contribution < -0.4 is 13.5 Å². The van der Waals surface area contributed by atoms with Crippen LogP contribution in [0.3, 0.4) is 0 Å². The highest BCUT2D eigenvalue weighted by Crippen LogP contribution is 2.42. The van der Waals surface area contributed by atoms with Crippen LogP contribution in [0.15, 0.2) is 155 Å². The van der Waals surface area contributed by atoms with Gasteiger partial charge in [-0.05, 0) is 121 Å². The molecule has 0 aliphatic rings. The summed E-state index contributed by atoms with van der Waals surface area (Å²) in [5, 5.41) is 3.57. The van der Waals surface area contributed by atoms with Crippen LogP contribution in [-0.2, 0) is 33.1 Å². The van der Waals surface area contributed by atoms with Gasteiger partial charge >= 0.3 is 0 Å². The van der Waals surface area contributed by atoms with Gasteiger partial charge in [0.15, 0.2) is 0 Å². The third-order valence-electron chi connectivity index (χ3n) is 10.3. The molecule has 7 nitrogen and oxygen atoms in total. The lowest BCUT2D eigenvalue weighted by molar-refractivity contribution is 0.588. The fraction of sp³-hybridized carbons (Fsp3) is 0.167. The van der Waals surface area contributed by atoms with Gasteiger partial charge in [-0.1, -0.05) is 96.1 Å². The Morgan fingerprint density at radius 2 is 0.850 bits per heavy atom. The van der Waals surface area contributed by atoms with E-state index in [1.54, 1.807) is 16.4 Å². The van der Waals surface area contributed by atoms with Gasteiger partial charge in [0, 0.05) is 29.2 Å². The number of fused-ring (bicyclic) bond motifs is 2. The summed E-state index contributed by atoms with van der Waals surface area (Å²) in [6, 6.07) is 43.8. The van der Waals surface area contributed by atoms with Gasteiger partial charge in [0.2, 0.25) is 0 Å². The highest BCUT2D eigenvalue weighted by atomic mass is 32.2. The molecule has 2 heterocycles. The monoisotopic (exact) mass is 875 g/mol. The molecule has 8 rings (SSSR count). The first kappa shape index (κ1) is 42.6. The molecule has 0 amide bonds. The molecule has 0 saturated carbocycles. The first-order valence-electron chi connectivity index (χ1n) is 19.3. The van der Waals surface area contributed by atoms with Crippen molar-refractivity contribution in [2.45, 2.75) is 50.6 Å². The lowest BCUT2D eigenvalue weighted by Crippen LogP contribution is -2.30. The smallest absolute Gasteiger partial charge is 0.265 e. The van der Waals surface area contributed by atoms with E-state index >= 15 is 0 Å². The maximum absolute atomic E-state index is 13.8. The average Bonchev–Trinajstić information content (AvgIpc) is 3.76. The maximum Gasteiger partial charge on any atom is 0.265 e. The summed E-state index contributed by atoms with van der Waals surface area (Å²) in [6.07, 6.45) is 0. The van der Waals surface area contributed by atoms with E-state index < -0.39 is 25.9 Å². The molecule has 0 aliphatic heterocycles. The number of hydrogen-bond acceptors (Lipinski definition) is 7. The predicted molar refractivity (Wildman–Crippen MR) is 249 cm³/mol. The largest absolute Gasteiger partial charge is 0.378 e. The Morgan fingerprint density at radius 3 is 1.22 bits per heavy atom. The van der Waals surface area contributed by atoms with Crippen molar-refractivity contribution in [3.8, 4) is 0 Å². The zero-order chi connectivity index (χ0) is 42.8. The second-order valence-electron chi connectivity index (χ2n) is 14.9. The third-order valence-corrected chi connectivity index (χ3v) is 16.7. The van der Waals surface area contributed by atoms with Crippen molar-refractivity contribution in [1.82, 2.24) is 0 Å². The van der Waals surface area contributed by atoms with E-state index in [1.807, 2.05) is 156 Å². The number of benzene rings is 6. The Hall–Kier alpha value is -5.53. The molecule has 2 aromatic heterocycles. The minimum absolute atomic E-state index is 0.0721. The summed E-state index contributed by atoms with van der Waals surface area (Å²) in [7, 11) is -3.75. The van der Waals surface area contributed by atoms with Crippen molar-refractivity contribution in [3.05, 3.63) is 185 Å². The predicted octanol–water partition coefficient (Wildman–Crippen LogP) is 12.0. The minimum Gasteiger partial charge on any atom is -0.378 e. The van der Waals surface area contributed by atoms with Crippen LogP contribution in [0.2, 0.25) is 0 Å². The average molecular weight is 876 g/mol. The molecule has 0 aliphatic carbocycles. The van der Waals surface area contributed by atoms with Crippen LogP contribution in [0.4, 0.5) is 20.1 Å². The molecule has 6 aromatic carbocycles. The SMILES string of the molecule is Cc1ccc(CN(c2sc3ccccc3c2C)S(=O)(=O)c2ccc(F)cc2)cc1.Cc1ccc(CN(c2sc3ccccc3c2C)S(=O)(=O)c2ccc(N(C)C)cc2)cc1. The van der Waals surface area contributed by atoms with E-state index in [9.17, 15) is 21.2 Å². The molecule has 308 valence electrons. The number of hydrogen-bond donors (Lipinski definition) is 0. The molecule has 0 unspecified atom stereocenters. The fourth-order valence-electron chi connectivity index (χ4n) is 6.83. The van der Waals surface area contributed by atoms with Gasteiger partial charge in [-0.15, -0.1) is 22.7 Å². The molecule has 0 spiro atoms. The van der Waals surface area contributed by atoms with E-state index in [2.05, 4.69) is 0 Å². The highest BCUT2D eigenvalue weighted by Gasteiger charge is 2.30. The number of anilines is 3. The molecule has 0 N–H and O–H groups in total. The second-order valence-corrected chi connectivity index (χ2v) is 20.7. The first-order chi connectivity index (χ1) is 28.6. The molecular formula is C48H46FN3O4S4. The quantitative estimate of drug-likeness (QED) is 0.129. The highest BCUT2D eigenvalue weighted by molar-refractivity contribution is 7.93. The van der Waals surface area contributed by atoms with Crippen molar-refractivity contribution in [2.75, 3.05) is 27.6 Å². The van der Waals surface area contributed by atoms with Crippen LogP contribution in [0, 0.1) is 33.5 Å². The van der Waals surface area contributed by atoms with Crippen LogP contribution in [-0.4, -0.2) is 30.9 Å². The van der Waals surface area contributed by atoms with Crippen LogP contribution in [0.25, 0.3) is 20.2 Å². The van der Waals surface area contributed by atoms with E-state index in [0.29, 0.717) is 9.90 Å². The molecule has 8 aromatic rings. The molecule has 0 atom stereocenters. The third kappa shape index (κ3) is 8.97. The molecule has 60 heavy (non-hydrogen) atoms. The van der Waals surface area contributed by atoms with Gasteiger partial charge in [0.1, 0.15) is 15.8 Å². The van der Waals surface area contributed by atoms with Crippen LogP contribution >= 0.6 is 22.7 Å². The first-order valence-corrected chi connectivity index (χ1v) is 23.8. The maximum atomic E-state index is 13.8. The molecule has 0 bridgehead atoms. The number of thiophene rings is 2. The Morgan fingerprint density at radius 1 is 0.483 bits per heavy atom.